The van der Waals surface area contributed by atoms with Crippen LogP contribution >= 0.6 is 0 Å². The van der Waals surface area contributed by atoms with Crippen LogP contribution in [0.1, 0.15) is 50.4 Å². The highest BCUT2D eigenvalue weighted by molar-refractivity contribution is 5.83. The number of fused-ring (bicyclic) bond motifs is 1. The summed E-state index contributed by atoms with van der Waals surface area (Å²) in [5, 5.41) is 4.70. The molecule has 0 saturated carbocycles. The van der Waals surface area contributed by atoms with E-state index in [2.05, 4.69) is 57.7 Å². The molecule has 5 heteroatoms. The Morgan fingerprint density at radius 1 is 1.04 bits per heavy atom. The first-order valence-electron chi connectivity index (χ1n) is 10.3. The molecule has 0 saturated heterocycles. The third kappa shape index (κ3) is 3.58. The third-order valence-electron chi connectivity index (χ3n) is 5.20. The van der Waals surface area contributed by atoms with Gasteiger partial charge in [-0.1, -0.05) is 20.8 Å². The van der Waals surface area contributed by atoms with Crippen molar-refractivity contribution in [2.24, 2.45) is 0 Å². The van der Waals surface area contributed by atoms with Gasteiger partial charge in [-0.25, -0.2) is 4.98 Å². The van der Waals surface area contributed by atoms with E-state index in [1.807, 2.05) is 10.7 Å². The molecule has 0 aliphatic rings. The Kier molecular flexibility index (Phi) is 6.22. The predicted octanol–water partition coefficient (Wildman–Crippen LogP) is 5.21. The molecule has 0 atom stereocenters. The Balaban J connectivity index is 2.25. The first-order valence-corrected chi connectivity index (χ1v) is 10.3. The Bertz CT molecular complexity index is 932. The summed E-state index contributed by atoms with van der Waals surface area (Å²) >= 11 is 0. The van der Waals surface area contributed by atoms with E-state index in [1.54, 1.807) is 7.11 Å². The second-order valence-electron chi connectivity index (χ2n) is 7.34. The lowest BCUT2D eigenvalue weighted by Gasteiger charge is -2.23. The van der Waals surface area contributed by atoms with Gasteiger partial charge in [0.2, 0.25) is 0 Å². The number of hydrogen-bond donors (Lipinski definition) is 0. The number of benzene rings is 1. The van der Waals surface area contributed by atoms with Gasteiger partial charge in [-0.3, -0.25) is 0 Å². The minimum absolute atomic E-state index is 0.888. The third-order valence-corrected chi connectivity index (χ3v) is 5.20. The van der Waals surface area contributed by atoms with Crippen LogP contribution < -0.4 is 9.64 Å². The summed E-state index contributed by atoms with van der Waals surface area (Å²) in [4.78, 5) is 7.48. The molecule has 0 N–H and O–H groups in total. The van der Waals surface area contributed by atoms with Crippen LogP contribution in [0.3, 0.4) is 0 Å². The SMILES string of the molecule is CCCN(CCC)c1c(CC)nc2c(-c3c(C)cc(OC)cc3C)ccnn12. The monoisotopic (exact) mass is 380 g/mol. The van der Waals surface area contributed by atoms with Crippen LogP contribution in [-0.4, -0.2) is 34.8 Å². The van der Waals surface area contributed by atoms with Gasteiger partial charge in [0.05, 0.1) is 12.8 Å². The second-order valence-corrected chi connectivity index (χ2v) is 7.34. The molecule has 0 bridgehead atoms. The molecule has 2 aromatic heterocycles. The molecule has 0 radical (unpaired) electrons. The fraction of sp³-hybridized carbons (Fsp3) is 0.478. The van der Waals surface area contributed by atoms with E-state index in [1.165, 1.54) is 16.7 Å². The number of rotatable bonds is 8. The van der Waals surface area contributed by atoms with Gasteiger partial charge < -0.3 is 9.64 Å². The summed E-state index contributed by atoms with van der Waals surface area (Å²) in [6, 6.07) is 6.26. The largest absolute Gasteiger partial charge is 0.497 e. The quantitative estimate of drug-likeness (QED) is 0.538. The minimum atomic E-state index is 0.888. The van der Waals surface area contributed by atoms with Crippen LogP contribution in [-0.2, 0) is 6.42 Å². The first-order chi connectivity index (χ1) is 13.5. The minimum Gasteiger partial charge on any atom is -0.497 e. The predicted molar refractivity (Wildman–Crippen MR) is 117 cm³/mol. The highest BCUT2D eigenvalue weighted by Gasteiger charge is 2.21. The van der Waals surface area contributed by atoms with Crippen LogP contribution in [0, 0.1) is 13.8 Å². The van der Waals surface area contributed by atoms with Crippen molar-refractivity contribution < 1.29 is 4.74 Å². The summed E-state index contributed by atoms with van der Waals surface area (Å²) < 4.78 is 7.48. The molecule has 5 nitrogen and oxygen atoms in total. The topological polar surface area (TPSA) is 42.7 Å². The lowest BCUT2D eigenvalue weighted by molar-refractivity contribution is 0.414. The smallest absolute Gasteiger partial charge is 0.164 e. The number of ether oxygens (including phenoxy) is 1. The molecule has 0 amide bonds. The van der Waals surface area contributed by atoms with Crippen molar-refractivity contribution in [2.75, 3.05) is 25.1 Å². The van der Waals surface area contributed by atoms with E-state index in [4.69, 9.17) is 14.8 Å². The van der Waals surface area contributed by atoms with Gasteiger partial charge >= 0.3 is 0 Å². The maximum atomic E-state index is 5.44. The van der Waals surface area contributed by atoms with Crippen molar-refractivity contribution in [2.45, 2.75) is 53.9 Å². The lowest BCUT2D eigenvalue weighted by atomic mass is 9.96. The van der Waals surface area contributed by atoms with Crippen molar-refractivity contribution in [1.29, 1.82) is 0 Å². The van der Waals surface area contributed by atoms with Crippen LogP contribution in [0.25, 0.3) is 16.8 Å². The normalized spacial score (nSPS) is 11.2. The Morgan fingerprint density at radius 2 is 1.68 bits per heavy atom. The molecule has 3 rings (SSSR count). The average Bonchev–Trinajstić information content (AvgIpc) is 3.06. The molecular formula is C23H32N4O. The summed E-state index contributed by atoms with van der Waals surface area (Å²) in [5.41, 5.74) is 6.76. The van der Waals surface area contributed by atoms with Gasteiger partial charge in [0.25, 0.3) is 0 Å². The maximum Gasteiger partial charge on any atom is 0.164 e. The second kappa shape index (κ2) is 8.63. The zero-order chi connectivity index (χ0) is 20.3. The lowest BCUT2D eigenvalue weighted by Crippen LogP contribution is -2.27. The Labute approximate surface area is 168 Å². The fourth-order valence-electron chi connectivity index (χ4n) is 4.06. The zero-order valence-electron chi connectivity index (χ0n) is 18.0. The van der Waals surface area contributed by atoms with Crippen LogP contribution in [0.15, 0.2) is 24.4 Å². The molecule has 150 valence electrons. The van der Waals surface area contributed by atoms with Gasteiger partial charge in [0, 0.05) is 24.8 Å². The first kappa shape index (κ1) is 20.2. The van der Waals surface area contributed by atoms with Crippen LogP contribution in [0.5, 0.6) is 5.75 Å². The van der Waals surface area contributed by atoms with E-state index in [9.17, 15) is 0 Å². The number of anilines is 1. The van der Waals surface area contributed by atoms with Crippen molar-refractivity contribution in [3.63, 3.8) is 0 Å². The molecule has 3 aromatic rings. The summed E-state index contributed by atoms with van der Waals surface area (Å²) in [7, 11) is 1.71. The van der Waals surface area contributed by atoms with Crippen molar-refractivity contribution in [3.8, 4) is 16.9 Å². The van der Waals surface area contributed by atoms with E-state index in [0.717, 1.165) is 60.8 Å². The molecule has 1 aromatic carbocycles. The Morgan fingerprint density at radius 3 is 2.21 bits per heavy atom. The van der Waals surface area contributed by atoms with Gasteiger partial charge in [-0.15, -0.1) is 0 Å². The zero-order valence-corrected chi connectivity index (χ0v) is 18.0. The summed E-state index contributed by atoms with van der Waals surface area (Å²) in [6.07, 6.45) is 4.99. The standard InChI is InChI=1S/C23H32N4O/c1-7-12-26(13-8-2)23-20(9-3)25-22-19(10-11-24-27(22)23)21-16(4)14-18(28-6)15-17(21)5/h10-11,14-15H,7-9,12-13H2,1-6H3. The van der Waals surface area contributed by atoms with Crippen molar-refractivity contribution in [3.05, 3.63) is 41.2 Å². The van der Waals surface area contributed by atoms with E-state index >= 15 is 0 Å². The van der Waals surface area contributed by atoms with Crippen LogP contribution in [0.2, 0.25) is 0 Å². The maximum absolute atomic E-state index is 5.44. The molecule has 0 fully saturated rings. The Hall–Kier alpha value is -2.56. The highest BCUT2D eigenvalue weighted by atomic mass is 16.5. The van der Waals surface area contributed by atoms with Gasteiger partial charge in [0.15, 0.2) is 11.5 Å². The average molecular weight is 381 g/mol. The number of methoxy groups -OCH3 is 1. The van der Waals surface area contributed by atoms with E-state index in [-0.39, 0.29) is 0 Å². The number of aromatic nitrogens is 3. The number of nitrogens with zero attached hydrogens (tertiary/aromatic N) is 4. The van der Waals surface area contributed by atoms with Gasteiger partial charge in [-0.2, -0.15) is 9.61 Å². The van der Waals surface area contributed by atoms with E-state index < -0.39 is 0 Å². The number of imidazole rings is 1. The molecular weight excluding hydrogens is 348 g/mol. The molecule has 0 spiro atoms. The fourth-order valence-corrected chi connectivity index (χ4v) is 4.06. The number of hydrogen-bond acceptors (Lipinski definition) is 4. The van der Waals surface area contributed by atoms with Crippen molar-refractivity contribution in [1.82, 2.24) is 14.6 Å². The van der Waals surface area contributed by atoms with Gasteiger partial charge in [-0.05, 0) is 68.0 Å². The molecule has 0 aliphatic heterocycles. The molecule has 0 aliphatic carbocycles. The van der Waals surface area contributed by atoms with E-state index in [0.29, 0.717) is 0 Å². The summed E-state index contributed by atoms with van der Waals surface area (Å²) in [6.45, 7) is 12.9. The van der Waals surface area contributed by atoms with Gasteiger partial charge in [0.1, 0.15) is 5.75 Å². The molecule has 2 heterocycles. The molecule has 0 unspecified atom stereocenters. The molecule has 28 heavy (non-hydrogen) atoms. The highest BCUT2D eigenvalue weighted by Crippen LogP contribution is 2.35. The van der Waals surface area contributed by atoms with Crippen molar-refractivity contribution >= 4 is 11.5 Å². The number of aryl methyl sites for hydroxylation is 3. The summed E-state index contributed by atoms with van der Waals surface area (Å²) in [5.74, 6) is 2.03. The van der Waals surface area contributed by atoms with Crippen LogP contribution in [0.4, 0.5) is 5.82 Å².